The van der Waals surface area contributed by atoms with Crippen molar-refractivity contribution in [1.29, 1.82) is 0 Å². The number of aryl methyl sites for hydroxylation is 2. The number of hydrogen-bond donors (Lipinski definition) is 1. The van der Waals surface area contributed by atoms with Gasteiger partial charge in [-0.25, -0.2) is 9.67 Å². The van der Waals surface area contributed by atoms with Gasteiger partial charge in [-0.3, -0.25) is 14.4 Å². The van der Waals surface area contributed by atoms with Crippen LogP contribution in [0.2, 0.25) is 0 Å². The summed E-state index contributed by atoms with van der Waals surface area (Å²) in [4.78, 5) is 43.8. The first-order chi connectivity index (χ1) is 17.0. The van der Waals surface area contributed by atoms with Gasteiger partial charge in [0, 0.05) is 37.0 Å². The number of rotatable bonds is 4. The van der Waals surface area contributed by atoms with E-state index < -0.39 is 23.1 Å². The van der Waals surface area contributed by atoms with Crippen molar-refractivity contribution in [3.8, 4) is 5.69 Å². The maximum Gasteiger partial charge on any atom is 0.416 e. The standard InChI is InChI=1S/C25H24F3N5O3/c1-15-6-7-21(29-14-15)30-23(35)17-8-10-32(11-9-17)24(36)22-20(34)12-16(2)33(31-22)19-5-3-4-18(13-19)25(26,27)28/h3-7,12-14,17H,8-11H2,1-2H3,(H,29,30,35). The highest BCUT2D eigenvalue weighted by molar-refractivity contribution is 5.93. The minimum Gasteiger partial charge on any atom is -0.337 e. The molecule has 1 aliphatic heterocycles. The molecular weight excluding hydrogens is 475 g/mol. The summed E-state index contributed by atoms with van der Waals surface area (Å²) >= 11 is 0. The number of carbonyl (C=O) groups excluding carboxylic acids is 2. The minimum atomic E-state index is -4.55. The zero-order chi connectivity index (χ0) is 26.0. The smallest absolute Gasteiger partial charge is 0.337 e. The summed E-state index contributed by atoms with van der Waals surface area (Å²) in [6.45, 7) is 3.88. The van der Waals surface area contributed by atoms with Crippen molar-refractivity contribution < 1.29 is 22.8 Å². The fourth-order valence-corrected chi connectivity index (χ4v) is 4.04. The number of aromatic nitrogens is 3. The predicted octanol–water partition coefficient (Wildman–Crippen LogP) is 3.75. The van der Waals surface area contributed by atoms with E-state index in [9.17, 15) is 27.6 Å². The third-order valence-corrected chi connectivity index (χ3v) is 6.04. The highest BCUT2D eigenvalue weighted by atomic mass is 19.4. The van der Waals surface area contributed by atoms with E-state index in [1.165, 1.54) is 30.0 Å². The Morgan fingerprint density at radius 3 is 2.42 bits per heavy atom. The Morgan fingerprint density at radius 2 is 1.78 bits per heavy atom. The Kier molecular flexibility index (Phi) is 6.91. The van der Waals surface area contributed by atoms with Crippen LogP contribution in [0, 0.1) is 19.8 Å². The molecule has 1 N–H and O–H groups in total. The molecule has 3 heterocycles. The Bertz CT molecular complexity index is 1340. The molecule has 11 heteroatoms. The van der Waals surface area contributed by atoms with Crippen molar-refractivity contribution in [1.82, 2.24) is 19.7 Å². The van der Waals surface area contributed by atoms with Gasteiger partial charge in [0.1, 0.15) is 5.82 Å². The molecule has 2 amide bonds. The average molecular weight is 499 g/mol. The molecule has 0 saturated carbocycles. The van der Waals surface area contributed by atoms with E-state index in [0.29, 0.717) is 18.7 Å². The fourth-order valence-electron chi connectivity index (χ4n) is 4.04. The normalized spacial score (nSPS) is 14.5. The number of piperidine rings is 1. The van der Waals surface area contributed by atoms with Crippen LogP contribution in [0.3, 0.4) is 0 Å². The molecule has 188 valence electrons. The molecular formula is C25H24F3N5O3. The van der Waals surface area contributed by atoms with Crippen LogP contribution in [0.15, 0.2) is 53.5 Å². The van der Waals surface area contributed by atoms with E-state index >= 15 is 0 Å². The lowest BCUT2D eigenvalue weighted by molar-refractivity contribution is -0.137. The third-order valence-electron chi connectivity index (χ3n) is 6.04. The number of nitrogens with one attached hydrogen (secondary N) is 1. The van der Waals surface area contributed by atoms with E-state index in [0.717, 1.165) is 22.4 Å². The monoisotopic (exact) mass is 499 g/mol. The maximum atomic E-state index is 13.2. The molecule has 0 atom stereocenters. The summed E-state index contributed by atoms with van der Waals surface area (Å²) in [5, 5.41) is 6.89. The van der Waals surface area contributed by atoms with Crippen molar-refractivity contribution in [2.75, 3.05) is 18.4 Å². The summed E-state index contributed by atoms with van der Waals surface area (Å²) in [5.74, 6) is -0.702. The van der Waals surface area contributed by atoms with E-state index in [1.807, 2.05) is 13.0 Å². The first kappa shape index (κ1) is 25.1. The minimum absolute atomic E-state index is 0.0801. The van der Waals surface area contributed by atoms with E-state index in [1.54, 1.807) is 12.3 Å². The van der Waals surface area contributed by atoms with Gasteiger partial charge in [0.05, 0.1) is 11.3 Å². The lowest BCUT2D eigenvalue weighted by Crippen LogP contribution is -2.43. The zero-order valence-corrected chi connectivity index (χ0v) is 19.7. The van der Waals surface area contributed by atoms with Gasteiger partial charge in [-0.05, 0) is 56.5 Å². The van der Waals surface area contributed by atoms with Crippen LogP contribution in [-0.2, 0) is 11.0 Å². The summed E-state index contributed by atoms with van der Waals surface area (Å²) < 4.78 is 40.6. The van der Waals surface area contributed by atoms with E-state index in [4.69, 9.17) is 0 Å². The van der Waals surface area contributed by atoms with Gasteiger partial charge >= 0.3 is 6.18 Å². The summed E-state index contributed by atoms with van der Waals surface area (Å²) in [7, 11) is 0. The molecule has 8 nitrogen and oxygen atoms in total. The predicted molar refractivity (Wildman–Crippen MR) is 126 cm³/mol. The lowest BCUT2D eigenvalue weighted by Gasteiger charge is -2.31. The molecule has 0 bridgehead atoms. The molecule has 0 unspecified atom stereocenters. The average Bonchev–Trinajstić information content (AvgIpc) is 2.85. The van der Waals surface area contributed by atoms with Gasteiger partial charge in [-0.2, -0.15) is 18.3 Å². The molecule has 2 aromatic heterocycles. The Labute approximate surface area is 204 Å². The molecule has 4 rings (SSSR count). The maximum absolute atomic E-state index is 13.2. The Balaban J connectivity index is 1.48. The largest absolute Gasteiger partial charge is 0.416 e. The first-order valence-corrected chi connectivity index (χ1v) is 11.3. The lowest BCUT2D eigenvalue weighted by atomic mass is 9.95. The molecule has 0 spiro atoms. The number of halogens is 3. The third kappa shape index (κ3) is 5.45. The van der Waals surface area contributed by atoms with Crippen molar-refractivity contribution in [2.45, 2.75) is 32.9 Å². The number of benzene rings is 1. The van der Waals surface area contributed by atoms with E-state index in [2.05, 4.69) is 15.4 Å². The van der Waals surface area contributed by atoms with Crippen LogP contribution in [0.4, 0.5) is 19.0 Å². The van der Waals surface area contributed by atoms with Crippen molar-refractivity contribution >= 4 is 17.6 Å². The van der Waals surface area contributed by atoms with E-state index in [-0.39, 0.29) is 42.0 Å². The second-order valence-electron chi connectivity index (χ2n) is 8.73. The Morgan fingerprint density at radius 1 is 1.06 bits per heavy atom. The number of anilines is 1. The quantitative estimate of drug-likeness (QED) is 0.590. The van der Waals surface area contributed by atoms with Crippen LogP contribution in [0.5, 0.6) is 0 Å². The van der Waals surface area contributed by atoms with Crippen LogP contribution in [0.25, 0.3) is 5.69 Å². The van der Waals surface area contributed by atoms with Crippen LogP contribution in [-0.4, -0.2) is 44.6 Å². The molecule has 1 saturated heterocycles. The second-order valence-corrected chi connectivity index (χ2v) is 8.73. The Hall–Kier alpha value is -4.02. The number of nitrogens with zero attached hydrogens (tertiary/aromatic N) is 4. The summed E-state index contributed by atoms with van der Waals surface area (Å²) in [6.07, 6.45) is -2.13. The number of likely N-dealkylation sites (tertiary alicyclic amines) is 1. The molecule has 3 aromatic rings. The molecule has 1 aliphatic rings. The summed E-state index contributed by atoms with van der Waals surface area (Å²) in [6, 6.07) is 9.22. The van der Waals surface area contributed by atoms with Gasteiger partial charge in [-0.15, -0.1) is 0 Å². The van der Waals surface area contributed by atoms with Crippen LogP contribution < -0.4 is 10.7 Å². The molecule has 0 aliphatic carbocycles. The van der Waals surface area contributed by atoms with Crippen molar-refractivity contribution in [2.24, 2.45) is 5.92 Å². The topological polar surface area (TPSA) is 97.2 Å². The highest BCUT2D eigenvalue weighted by Crippen LogP contribution is 2.30. The van der Waals surface area contributed by atoms with Gasteiger partial charge in [0.2, 0.25) is 11.3 Å². The second kappa shape index (κ2) is 9.92. The van der Waals surface area contributed by atoms with Crippen molar-refractivity contribution in [3.05, 3.63) is 81.4 Å². The first-order valence-electron chi connectivity index (χ1n) is 11.3. The number of carbonyl (C=O) groups is 2. The molecule has 36 heavy (non-hydrogen) atoms. The van der Waals surface area contributed by atoms with Crippen LogP contribution in [0.1, 0.15) is 40.2 Å². The summed E-state index contributed by atoms with van der Waals surface area (Å²) in [5.41, 5.74) is -0.533. The zero-order valence-electron chi connectivity index (χ0n) is 19.7. The fraction of sp³-hybridized carbons (Fsp3) is 0.320. The highest BCUT2D eigenvalue weighted by Gasteiger charge is 2.32. The molecule has 0 radical (unpaired) electrons. The number of hydrogen-bond acceptors (Lipinski definition) is 5. The SMILES string of the molecule is Cc1ccc(NC(=O)C2CCN(C(=O)c3nn(-c4cccc(C(F)(F)F)c4)c(C)cc3=O)CC2)nc1. The number of alkyl halides is 3. The van der Waals surface area contributed by atoms with Gasteiger partial charge in [0.15, 0.2) is 5.69 Å². The van der Waals surface area contributed by atoms with Gasteiger partial charge < -0.3 is 10.2 Å². The van der Waals surface area contributed by atoms with Crippen molar-refractivity contribution in [3.63, 3.8) is 0 Å². The van der Waals surface area contributed by atoms with Gasteiger partial charge in [0.25, 0.3) is 5.91 Å². The van der Waals surface area contributed by atoms with Gasteiger partial charge in [-0.1, -0.05) is 12.1 Å². The van der Waals surface area contributed by atoms with Crippen LogP contribution >= 0.6 is 0 Å². The molecule has 1 fully saturated rings. The number of amides is 2. The molecule has 1 aromatic carbocycles. The number of pyridine rings is 1.